The quantitative estimate of drug-likeness (QED) is 0.737. The highest BCUT2D eigenvalue weighted by atomic mass is 16.5. The van der Waals surface area contributed by atoms with Crippen LogP contribution < -0.4 is 5.73 Å². The van der Waals surface area contributed by atoms with Gasteiger partial charge in [-0.15, -0.1) is 10.2 Å². The van der Waals surface area contributed by atoms with Gasteiger partial charge in [-0.05, 0) is 26.3 Å². The van der Waals surface area contributed by atoms with Crippen molar-refractivity contribution in [1.29, 1.82) is 0 Å². The van der Waals surface area contributed by atoms with E-state index in [9.17, 15) is 4.79 Å². The second-order valence-electron chi connectivity index (χ2n) is 6.71. The van der Waals surface area contributed by atoms with Gasteiger partial charge in [-0.2, -0.15) is 0 Å². The summed E-state index contributed by atoms with van der Waals surface area (Å²) in [6.07, 6.45) is 2.78. The standard InChI is InChI=1S/C19H21N5O3/c1-12-16(17(23-27-12)13-7-3-2-4-8-13)19-22-21-15(26-19)11-24-10-6-5-9-14(24)18(20)25/h2-4,7-8,14H,5-6,9-11H2,1H3,(H2,20,25)/t14-/m1/s1. The van der Waals surface area contributed by atoms with Gasteiger partial charge in [0.25, 0.3) is 5.89 Å². The third-order valence-electron chi connectivity index (χ3n) is 4.87. The summed E-state index contributed by atoms with van der Waals surface area (Å²) in [5.74, 6) is 1.10. The zero-order chi connectivity index (χ0) is 18.8. The van der Waals surface area contributed by atoms with Crippen LogP contribution in [0.15, 0.2) is 39.3 Å². The van der Waals surface area contributed by atoms with Crippen molar-refractivity contribution in [1.82, 2.24) is 20.3 Å². The Labute approximate surface area is 156 Å². The van der Waals surface area contributed by atoms with Crippen molar-refractivity contribution < 1.29 is 13.7 Å². The first kappa shape index (κ1) is 17.4. The molecule has 1 saturated heterocycles. The fourth-order valence-corrected chi connectivity index (χ4v) is 3.51. The number of aromatic nitrogens is 3. The number of nitrogens with zero attached hydrogens (tertiary/aromatic N) is 4. The van der Waals surface area contributed by atoms with Crippen molar-refractivity contribution in [2.45, 2.75) is 38.8 Å². The number of rotatable bonds is 5. The van der Waals surface area contributed by atoms with Gasteiger partial charge in [-0.25, -0.2) is 0 Å². The zero-order valence-corrected chi connectivity index (χ0v) is 15.1. The van der Waals surface area contributed by atoms with Crippen molar-refractivity contribution >= 4 is 5.91 Å². The average Bonchev–Trinajstić information content (AvgIpc) is 3.29. The molecule has 3 heterocycles. The lowest BCUT2D eigenvalue weighted by Crippen LogP contribution is -2.47. The van der Waals surface area contributed by atoms with Gasteiger partial charge in [0.15, 0.2) is 0 Å². The van der Waals surface area contributed by atoms with Crippen molar-refractivity contribution in [2.24, 2.45) is 5.73 Å². The van der Waals surface area contributed by atoms with Crippen LogP contribution in [0.1, 0.15) is 30.9 Å². The summed E-state index contributed by atoms with van der Waals surface area (Å²) in [6.45, 7) is 2.99. The van der Waals surface area contributed by atoms with E-state index in [0.29, 0.717) is 35.3 Å². The molecule has 140 valence electrons. The number of carbonyl (C=O) groups excluding carboxylic acids is 1. The molecule has 1 aromatic carbocycles. The van der Waals surface area contributed by atoms with E-state index in [1.54, 1.807) is 0 Å². The lowest BCUT2D eigenvalue weighted by molar-refractivity contribution is -0.124. The molecule has 1 amide bonds. The Morgan fingerprint density at radius 3 is 2.85 bits per heavy atom. The Morgan fingerprint density at radius 2 is 2.07 bits per heavy atom. The van der Waals surface area contributed by atoms with Crippen molar-refractivity contribution in [3.63, 3.8) is 0 Å². The van der Waals surface area contributed by atoms with E-state index >= 15 is 0 Å². The number of primary amides is 1. The molecule has 3 aromatic rings. The van der Waals surface area contributed by atoms with Crippen LogP contribution in [0.5, 0.6) is 0 Å². The SMILES string of the molecule is Cc1onc(-c2ccccc2)c1-c1nnc(CN2CCCC[C@@H]2C(N)=O)o1. The molecule has 2 N–H and O–H groups in total. The van der Waals surface area contributed by atoms with Gasteiger partial charge < -0.3 is 14.7 Å². The minimum Gasteiger partial charge on any atom is -0.419 e. The van der Waals surface area contributed by atoms with Crippen LogP contribution in [0.3, 0.4) is 0 Å². The number of benzene rings is 1. The maximum absolute atomic E-state index is 11.7. The van der Waals surface area contributed by atoms with Gasteiger partial charge in [-0.3, -0.25) is 9.69 Å². The molecular formula is C19H21N5O3. The number of aryl methyl sites for hydroxylation is 1. The van der Waals surface area contributed by atoms with E-state index in [4.69, 9.17) is 14.7 Å². The van der Waals surface area contributed by atoms with Gasteiger partial charge in [0, 0.05) is 5.56 Å². The zero-order valence-electron chi connectivity index (χ0n) is 15.1. The Hall–Kier alpha value is -3.00. The summed E-state index contributed by atoms with van der Waals surface area (Å²) in [5, 5.41) is 12.5. The molecule has 0 radical (unpaired) electrons. The molecule has 4 rings (SSSR count). The predicted octanol–water partition coefficient (Wildman–Crippen LogP) is 2.54. The number of hydrogen-bond donors (Lipinski definition) is 1. The van der Waals surface area contributed by atoms with E-state index in [1.165, 1.54) is 0 Å². The van der Waals surface area contributed by atoms with Gasteiger partial charge in [-0.1, -0.05) is 41.9 Å². The van der Waals surface area contributed by atoms with Crippen molar-refractivity contribution in [3.8, 4) is 22.7 Å². The van der Waals surface area contributed by atoms with Gasteiger partial charge >= 0.3 is 0 Å². The minimum absolute atomic E-state index is 0.286. The molecule has 1 aliphatic heterocycles. The van der Waals surface area contributed by atoms with Gasteiger partial charge in [0.05, 0.1) is 12.6 Å². The third kappa shape index (κ3) is 3.48. The highest BCUT2D eigenvalue weighted by Gasteiger charge is 2.29. The Kier molecular flexibility index (Phi) is 4.72. The van der Waals surface area contributed by atoms with Crippen LogP contribution in [0.4, 0.5) is 0 Å². The molecule has 0 spiro atoms. The second kappa shape index (κ2) is 7.32. The van der Waals surface area contributed by atoms with Crippen LogP contribution in [0.2, 0.25) is 0 Å². The van der Waals surface area contributed by atoms with E-state index in [-0.39, 0.29) is 11.9 Å². The Bertz CT molecular complexity index is 934. The van der Waals surface area contributed by atoms with Crippen molar-refractivity contribution in [2.75, 3.05) is 6.54 Å². The number of piperidine rings is 1. The first-order chi connectivity index (χ1) is 13.1. The van der Waals surface area contributed by atoms with E-state index in [2.05, 4.69) is 15.4 Å². The number of amides is 1. The van der Waals surface area contributed by atoms with Crippen LogP contribution in [0.25, 0.3) is 22.7 Å². The molecule has 0 aliphatic carbocycles. The highest BCUT2D eigenvalue weighted by Crippen LogP contribution is 2.33. The highest BCUT2D eigenvalue weighted by molar-refractivity contribution is 5.80. The normalized spacial score (nSPS) is 17.9. The number of nitrogens with two attached hydrogens (primary N) is 1. The fourth-order valence-electron chi connectivity index (χ4n) is 3.51. The topological polar surface area (TPSA) is 111 Å². The molecule has 0 bridgehead atoms. The Morgan fingerprint density at radius 1 is 1.26 bits per heavy atom. The number of likely N-dealkylation sites (tertiary alicyclic amines) is 1. The monoisotopic (exact) mass is 367 g/mol. The predicted molar refractivity (Wildman–Crippen MR) is 97.2 cm³/mol. The van der Waals surface area contributed by atoms with Crippen molar-refractivity contribution in [3.05, 3.63) is 42.0 Å². The van der Waals surface area contributed by atoms with Crippen LogP contribution in [-0.4, -0.2) is 38.7 Å². The first-order valence-electron chi connectivity index (χ1n) is 9.01. The molecular weight excluding hydrogens is 346 g/mol. The summed E-state index contributed by atoms with van der Waals surface area (Å²) in [5.41, 5.74) is 7.79. The molecule has 1 aliphatic rings. The molecule has 1 fully saturated rings. The minimum atomic E-state index is -0.310. The summed E-state index contributed by atoms with van der Waals surface area (Å²) in [7, 11) is 0. The summed E-state index contributed by atoms with van der Waals surface area (Å²) < 4.78 is 11.2. The lowest BCUT2D eigenvalue weighted by atomic mass is 10.0. The molecule has 2 aromatic heterocycles. The fraction of sp³-hybridized carbons (Fsp3) is 0.368. The smallest absolute Gasteiger partial charge is 0.253 e. The molecule has 27 heavy (non-hydrogen) atoms. The Balaban J connectivity index is 1.60. The number of carbonyl (C=O) groups is 1. The summed E-state index contributed by atoms with van der Waals surface area (Å²) in [6, 6.07) is 9.42. The summed E-state index contributed by atoms with van der Waals surface area (Å²) >= 11 is 0. The van der Waals surface area contributed by atoms with E-state index in [0.717, 1.165) is 31.4 Å². The third-order valence-corrected chi connectivity index (χ3v) is 4.87. The largest absolute Gasteiger partial charge is 0.419 e. The lowest BCUT2D eigenvalue weighted by Gasteiger charge is -2.32. The maximum atomic E-state index is 11.7. The molecule has 8 heteroatoms. The van der Waals surface area contributed by atoms with Gasteiger partial charge in [0.2, 0.25) is 11.8 Å². The van der Waals surface area contributed by atoms with Crippen LogP contribution in [-0.2, 0) is 11.3 Å². The molecule has 8 nitrogen and oxygen atoms in total. The molecule has 0 saturated carbocycles. The maximum Gasteiger partial charge on any atom is 0.253 e. The van der Waals surface area contributed by atoms with Gasteiger partial charge in [0.1, 0.15) is 17.0 Å². The average molecular weight is 367 g/mol. The molecule has 0 unspecified atom stereocenters. The van der Waals surface area contributed by atoms with Crippen LogP contribution >= 0.6 is 0 Å². The number of hydrogen-bond acceptors (Lipinski definition) is 7. The van der Waals surface area contributed by atoms with Crippen LogP contribution in [0, 0.1) is 6.92 Å². The van der Waals surface area contributed by atoms with E-state index in [1.807, 2.05) is 42.2 Å². The molecule has 1 atom stereocenters. The first-order valence-corrected chi connectivity index (χ1v) is 9.01. The second-order valence-corrected chi connectivity index (χ2v) is 6.71. The van der Waals surface area contributed by atoms with E-state index < -0.39 is 0 Å². The summed E-state index contributed by atoms with van der Waals surface area (Å²) in [4.78, 5) is 13.7.